The zero-order valence-corrected chi connectivity index (χ0v) is 16.3. The Hall–Kier alpha value is -2.86. The molecular weight excluding hydrogens is 352 g/mol. The number of piperidine rings is 1. The normalized spacial score (nSPS) is 15.8. The van der Waals surface area contributed by atoms with Crippen molar-refractivity contribution in [2.24, 2.45) is 0 Å². The first-order valence-corrected chi connectivity index (χ1v) is 9.81. The number of fused-ring (bicyclic) bond motifs is 1. The Bertz CT molecular complexity index is 935. The molecule has 3 aromatic rings. The Morgan fingerprint density at radius 3 is 2.57 bits per heavy atom. The van der Waals surface area contributed by atoms with Crippen LogP contribution in [0, 0.1) is 0 Å². The number of nitrogens with one attached hydrogen (secondary N) is 1. The number of anilines is 2. The minimum atomic E-state index is 0.212. The molecule has 2 heterocycles. The monoisotopic (exact) mass is 378 g/mol. The molecule has 0 unspecified atom stereocenters. The molecule has 0 atom stereocenters. The number of hydrogen-bond acceptors (Lipinski definition) is 6. The maximum atomic E-state index is 9.42. The van der Waals surface area contributed by atoms with Gasteiger partial charge in [-0.05, 0) is 57.0 Å². The number of ether oxygens (including phenoxy) is 1. The molecule has 0 spiro atoms. The van der Waals surface area contributed by atoms with Gasteiger partial charge >= 0.3 is 0 Å². The fraction of sp³-hybridized carbons (Fsp3) is 0.364. The fourth-order valence-corrected chi connectivity index (χ4v) is 3.55. The average molecular weight is 378 g/mol. The van der Waals surface area contributed by atoms with Gasteiger partial charge in [0, 0.05) is 36.4 Å². The first kappa shape index (κ1) is 18.5. The van der Waals surface area contributed by atoms with Crippen molar-refractivity contribution < 1.29 is 9.84 Å². The van der Waals surface area contributed by atoms with Crippen LogP contribution in [0.25, 0.3) is 10.9 Å². The molecule has 1 aromatic heterocycles. The Kier molecular flexibility index (Phi) is 5.30. The summed E-state index contributed by atoms with van der Waals surface area (Å²) in [5.74, 6) is 1.53. The number of phenolic OH excluding ortho intramolecular Hbond substituents is 1. The van der Waals surface area contributed by atoms with Crippen LogP contribution in [0.2, 0.25) is 0 Å². The Labute approximate surface area is 165 Å². The molecule has 1 aliphatic rings. The highest BCUT2D eigenvalue weighted by Crippen LogP contribution is 2.28. The van der Waals surface area contributed by atoms with Gasteiger partial charge in [0.05, 0.1) is 0 Å². The standard InChI is InChI=1S/C22H26N4O2/c1-15(2)26-12-10-19(11-13-26)28-20-5-3-4-16-14-23-22(25-21(16)20)24-17-6-8-18(27)9-7-17/h3-9,14-15,19,27H,10-13H2,1-2H3,(H,23,24,25). The molecule has 1 saturated heterocycles. The van der Waals surface area contributed by atoms with Gasteiger partial charge in [0.2, 0.25) is 5.95 Å². The van der Waals surface area contributed by atoms with Crippen LogP contribution < -0.4 is 10.1 Å². The third kappa shape index (κ3) is 4.17. The lowest BCUT2D eigenvalue weighted by Crippen LogP contribution is -2.41. The number of aromatic nitrogens is 2. The van der Waals surface area contributed by atoms with E-state index in [1.165, 1.54) is 0 Å². The molecule has 2 N–H and O–H groups in total. The van der Waals surface area contributed by atoms with Crippen LogP contribution in [0.5, 0.6) is 11.5 Å². The van der Waals surface area contributed by atoms with Crippen molar-refractivity contribution in [1.82, 2.24) is 14.9 Å². The van der Waals surface area contributed by atoms with Gasteiger partial charge < -0.3 is 20.1 Å². The van der Waals surface area contributed by atoms with Crippen molar-refractivity contribution in [3.8, 4) is 11.5 Å². The molecule has 146 valence electrons. The highest BCUT2D eigenvalue weighted by molar-refractivity contribution is 5.85. The lowest BCUT2D eigenvalue weighted by atomic mass is 10.1. The van der Waals surface area contributed by atoms with Crippen LogP contribution in [0.4, 0.5) is 11.6 Å². The maximum Gasteiger partial charge on any atom is 0.227 e. The number of aromatic hydroxyl groups is 1. The van der Waals surface area contributed by atoms with E-state index in [9.17, 15) is 5.11 Å². The van der Waals surface area contributed by atoms with E-state index in [2.05, 4.69) is 34.0 Å². The summed E-state index contributed by atoms with van der Waals surface area (Å²) < 4.78 is 6.34. The molecule has 0 radical (unpaired) electrons. The maximum absolute atomic E-state index is 9.42. The number of likely N-dealkylation sites (tertiary alicyclic amines) is 1. The lowest BCUT2D eigenvalue weighted by molar-refractivity contribution is 0.0852. The topological polar surface area (TPSA) is 70.5 Å². The summed E-state index contributed by atoms with van der Waals surface area (Å²) in [5.41, 5.74) is 1.63. The predicted octanol–water partition coefficient (Wildman–Crippen LogP) is 4.33. The van der Waals surface area contributed by atoms with E-state index in [-0.39, 0.29) is 11.9 Å². The number of phenols is 1. The fourth-order valence-electron chi connectivity index (χ4n) is 3.55. The second-order valence-electron chi connectivity index (χ2n) is 7.51. The second-order valence-corrected chi connectivity index (χ2v) is 7.51. The van der Waals surface area contributed by atoms with Crippen LogP contribution in [0.1, 0.15) is 26.7 Å². The molecule has 4 rings (SSSR count). The summed E-state index contributed by atoms with van der Waals surface area (Å²) in [6, 6.07) is 13.4. The number of benzene rings is 2. The van der Waals surface area contributed by atoms with Crippen LogP contribution in [-0.2, 0) is 0 Å². The Morgan fingerprint density at radius 2 is 1.86 bits per heavy atom. The van der Waals surface area contributed by atoms with E-state index in [1.54, 1.807) is 30.5 Å². The lowest BCUT2D eigenvalue weighted by Gasteiger charge is -2.34. The zero-order chi connectivity index (χ0) is 19.5. The van der Waals surface area contributed by atoms with E-state index in [0.717, 1.165) is 48.3 Å². The van der Waals surface area contributed by atoms with Crippen molar-refractivity contribution in [2.45, 2.75) is 38.8 Å². The molecule has 28 heavy (non-hydrogen) atoms. The van der Waals surface area contributed by atoms with Gasteiger partial charge in [0.15, 0.2) is 0 Å². The van der Waals surface area contributed by atoms with Gasteiger partial charge in [-0.15, -0.1) is 0 Å². The van der Waals surface area contributed by atoms with E-state index in [1.807, 2.05) is 18.2 Å². The second kappa shape index (κ2) is 8.02. The van der Waals surface area contributed by atoms with E-state index in [0.29, 0.717) is 12.0 Å². The van der Waals surface area contributed by atoms with Gasteiger partial charge in [-0.2, -0.15) is 0 Å². The molecule has 6 heteroatoms. The smallest absolute Gasteiger partial charge is 0.227 e. The minimum Gasteiger partial charge on any atom is -0.508 e. The quantitative estimate of drug-likeness (QED) is 0.644. The van der Waals surface area contributed by atoms with Gasteiger partial charge in [0.1, 0.15) is 23.1 Å². The Balaban J connectivity index is 1.53. The van der Waals surface area contributed by atoms with Gasteiger partial charge in [-0.1, -0.05) is 12.1 Å². The third-order valence-electron chi connectivity index (χ3n) is 5.20. The molecule has 1 fully saturated rings. The third-order valence-corrected chi connectivity index (χ3v) is 5.20. The molecule has 0 aliphatic carbocycles. The summed E-state index contributed by atoms with van der Waals surface area (Å²) in [7, 11) is 0. The van der Waals surface area contributed by atoms with Gasteiger partial charge in [-0.3, -0.25) is 0 Å². The van der Waals surface area contributed by atoms with Crippen molar-refractivity contribution >= 4 is 22.5 Å². The van der Waals surface area contributed by atoms with Crippen LogP contribution >= 0.6 is 0 Å². The van der Waals surface area contributed by atoms with Crippen molar-refractivity contribution in [2.75, 3.05) is 18.4 Å². The molecule has 0 bridgehead atoms. The highest BCUT2D eigenvalue weighted by atomic mass is 16.5. The number of hydrogen-bond donors (Lipinski definition) is 2. The predicted molar refractivity (Wildman–Crippen MR) is 111 cm³/mol. The van der Waals surface area contributed by atoms with E-state index < -0.39 is 0 Å². The summed E-state index contributed by atoms with van der Waals surface area (Å²) in [4.78, 5) is 11.6. The van der Waals surface area contributed by atoms with Gasteiger partial charge in [0.25, 0.3) is 0 Å². The van der Waals surface area contributed by atoms with E-state index >= 15 is 0 Å². The van der Waals surface area contributed by atoms with Crippen LogP contribution in [0.15, 0.2) is 48.7 Å². The number of nitrogens with zero attached hydrogens (tertiary/aromatic N) is 3. The van der Waals surface area contributed by atoms with Crippen molar-refractivity contribution in [3.05, 3.63) is 48.7 Å². The molecule has 0 amide bonds. The summed E-state index contributed by atoms with van der Waals surface area (Å²) >= 11 is 0. The first-order valence-electron chi connectivity index (χ1n) is 9.81. The molecule has 6 nitrogen and oxygen atoms in total. The molecular formula is C22H26N4O2. The van der Waals surface area contributed by atoms with Crippen molar-refractivity contribution in [1.29, 1.82) is 0 Å². The van der Waals surface area contributed by atoms with E-state index in [4.69, 9.17) is 4.74 Å². The Morgan fingerprint density at radius 1 is 1.11 bits per heavy atom. The van der Waals surface area contributed by atoms with Crippen LogP contribution in [-0.4, -0.2) is 45.2 Å². The molecule has 1 aliphatic heterocycles. The summed E-state index contributed by atoms with van der Waals surface area (Å²) in [6.07, 6.45) is 4.07. The van der Waals surface area contributed by atoms with Crippen molar-refractivity contribution in [3.63, 3.8) is 0 Å². The average Bonchev–Trinajstić information content (AvgIpc) is 2.70. The number of rotatable bonds is 5. The summed E-state index contributed by atoms with van der Waals surface area (Å²) in [5, 5.41) is 13.6. The van der Waals surface area contributed by atoms with Crippen LogP contribution in [0.3, 0.4) is 0 Å². The molecule has 2 aromatic carbocycles. The van der Waals surface area contributed by atoms with Gasteiger partial charge in [-0.25, -0.2) is 9.97 Å². The molecule has 0 saturated carbocycles. The minimum absolute atomic E-state index is 0.212. The summed E-state index contributed by atoms with van der Waals surface area (Å²) in [6.45, 7) is 6.61. The number of para-hydroxylation sites is 1. The zero-order valence-electron chi connectivity index (χ0n) is 16.3. The SMILES string of the molecule is CC(C)N1CCC(Oc2cccc3cnc(Nc4ccc(O)cc4)nc23)CC1. The first-order chi connectivity index (χ1) is 13.6. The largest absolute Gasteiger partial charge is 0.508 e. The highest BCUT2D eigenvalue weighted by Gasteiger charge is 2.22.